The van der Waals surface area contributed by atoms with E-state index in [9.17, 15) is 0 Å². The van der Waals surface area contributed by atoms with Crippen molar-refractivity contribution in [2.24, 2.45) is 18.4 Å². The Hall–Kier alpha value is -2.47. The molecule has 6 nitrogen and oxygen atoms in total. The molecule has 1 saturated carbocycles. The second-order valence-electron chi connectivity index (χ2n) is 9.56. The third-order valence-electron chi connectivity index (χ3n) is 7.34. The third kappa shape index (κ3) is 4.31. The molecule has 1 spiro atoms. The summed E-state index contributed by atoms with van der Waals surface area (Å²) in [6, 6.07) is 6.66. The van der Waals surface area contributed by atoms with Crippen molar-refractivity contribution < 1.29 is 0 Å². The summed E-state index contributed by atoms with van der Waals surface area (Å²) in [4.78, 5) is 4.81. The van der Waals surface area contributed by atoms with E-state index in [0.717, 1.165) is 43.5 Å². The van der Waals surface area contributed by atoms with Gasteiger partial charge < -0.3 is 20.4 Å². The van der Waals surface area contributed by atoms with Crippen LogP contribution in [-0.4, -0.2) is 50.1 Å². The zero-order valence-electron chi connectivity index (χ0n) is 19.5. The Labute approximate surface area is 187 Å². The van der Waals surface area contributed by atoms with Crippen LogP contribution in [0.1, 0.15) is 32.1 Å². The average molecular weight is 423 g/mol. The van der Waals surface area contributed by atoms with E-state index >= 15 is 0 Å². The zero-order valence-corrected chi connectivity index (χ0v) is 19.5. The van der Waals surface area contributed by atoms with Gasteiger partial charge in [0.1, 0.15) is 0 Å². The van der Waals surface area contributed by atoms with Gasteiger partial charge in [-0.1, -0.05) is 19.2 Å². The molecule has 6 heteroatoms. The molecule has 0 radical (unpaired) electrons. The van der Waals surface area contributed by atoms with Crippen molar-refractivity contribution >= 4 is 22.4 Å². The fraction of sp³-hybridized carbons (Fsp3) is 0.560. The number of aromatic nitrogens is 2. The van der Waals surface area contributed by atoms with Crippen molar-refractivity contribution in [1.29, 1.82) is 0 Å². The minimum Gasteiger partial charge on any atom is -0.370 e. The number of aryl methyl sites for hydroxylation is 1. The average Bonchev–Trinajstić information content (AvgIpc) is 3.09. The fourth-order valence-electron chi connectivity index (χ4n) is 5.69. The lowest BCUT2D eigenvalue weighted by atomic mass is 9.57. The molecule has 2 heterocycles. The van der Waals surface area contributed by atoms with E-state index in [1.807, 2.05) is 0 Å². The van der Waals surface area contributed by atoms with Crippen LogP contribution in [0.15, 0.2) is 43.3 Å². The summed E-state index contributed by atoms with van der Waals surface area (Å²) in [6.45, 7) is 12.1. The molecule has 31 heavy (non-hydrogen) atoms. The number of piperidine rings is 1. The van der Waals surface area contributed by atoms with Crippen LogP contribution in [0.5, 0.6) is 0 Å². The normalized spacial score (nSPS) is 18.2. The van der Waals surface area contributed by atoms with Crippen LogP contribution in [0.4, 0.5) is 11.5 Å². The zero-order chi connectivity index (χ0) is 22.0. The smallest absolute Gasteiger partial charge is 0.158 e. The van der Waals surface area contributed by atoms with E-state index in [1.165, 1.54) is 48.8 Å². The van der Waals surface area contributed by atoms with Gasteiger partial charge in [-0.2, -0.15) is 5.10 Å². The molecule has 0 atom stereocenters. The van der Waals surface area contributed by atoms with Crippen molar-refractivity contribution in [2.45, 2.75) is 32.1 Å². The summed E-state index contributed by atoms with van der Waals surface area (Å²) in [5.41, 5.74) is 4.14. The number of fused-ring (bicyclic) bond motifs is 1. The first-order valence-corrected chi connectivity index (χ1v) is 11.6. The summed E-state index contributed by atoms with van der Waals surface area (Å²) in [5.74, 6) is 1.92. The molecule has 1 aromatic carbocycles. The molecule has 2 aromatic rings. The van der Waals surface area contributed by atoms with Gasteiger partial charge in [0.25, 0.3) is 0 Å². The van der Waals surface area contributed by atoms with Gasteiger partial charge in [-0.25, -0.2) is 0 Å². The number of nitrogens with one attached hydrogen (secondary N) is 2. The van der Waals surface area contributed by atoms with Crippen LogP contribution >= 0.6 is 0 Å². The maximum absolute atomic E-state index is 4.89. The quantitative estimate of drug-likeness (QED) is 0.643. The predicted molar refractivity (Wildman–Crippen MR) is 132 cm³/mol. The molecule has 1 aliphatic carbocycles. The van der Waals surface area contributed by atoms with E-state index < -0.39 is 0 Å². The lowest BCUT2D eigenvalue weighted by molar-refractivity contribution is 0.0294. The Kier molecular flexibility index (Phi) is 6.28. The Morgan fingerprint density at radius 1 is 1.32 bits per heavy atom. The molecule has 168 valence electrons. The first-order chi connectivity index (χ1) is 15.0. The third-order valence-corrected chi connectivity index (χ3v) is 7.34. The maximum Gasteiger partial charge on any atom is 0.158 e. The van der Waals surface area contributed by atoms with Crippen molar-refractivity contribution in [3.05, 3.63) is 43.3 Å². The molecule has 1 aromatic heterocycles. The van der Waals surface area contributed by atoms with Crippen LogP contribution in [0.3, 0.4) is 0 Å². The molecule has 0 bridgehead atoms. The molecule has 2 aliphatic rings. The molecular weight excluding hydrogens is 384 g/mol. The van der Waals surface area contributed by atoms with Crippen LogP contribution in [0.2, 0.25) is 0 Å². The lowest BCUT2D eigenvalue weighted by Gasteiger charge is -2.53. The highest BCUT2D eigenvalue weighted by Crippen LogP contribution is 2.53. The summed E-state index contributed by atoms with van der Waals surface area (Å²) >= 11 is 0. The van der Waals surface area contributed by atoms with Gasteiger partial charge in [-0.05, 0) is 68.9 Å². The van der Waals surface area contributed by atoms with E-state index in [2.05, 4.69) is 77.6 Å². The Morgan fingerprint density at radius 3 is 2.74 bits per heavy atom. The Morgan fingerprint density at radius 2 is 2.06 bits per heavy atom. The van der Waals surface area contributed by atoms with E-state index in [0.29, 0.717) is 5.41 Å². The lowest BCUT2D eigenvalue weighted by Crippen LogP contribution is -2.49. The number of benzene rings is 1. The van der Waals surface area contributed by atoms with Crippen molar-refractivity contribution in [3.8, 4) is 0 Å². The van der Waals surface area contributed by atoms with Gasteiger partial charge in [-0.3, -0.25) is 4.68 Å². The van der Waals surface area contributed by atoms with Crippen LogP contribution < -0.4 is 20.4 Å². The molecule has 2 N–H and O–H groups in total. The highest BCUT2D eigenvalue weighted by Gasteiger charge is 2.45. The SMILES string of the molecule is C=CNC(=C)CCN(C)c1nn(C)c2c(N3CCC4(CC3)CC(CNC)C4)cccc12. The predicted octanol–water partition coefficient (Wildman–Crippen LogP) is 3.86. The van der Waals surface area contributed by atoms with Crippen LogP contribution in [0, 0.1) is 11.3 Å². The molecule has 0 unspecified atom stereocenters. The molecule has 4 rings (SSSR count). The van der Waals surface area contributed by atoms with E-state index in [4.69, 9.17) is 5.10 Å². The minimum absolute atomic E-state index is 0.603. The molecule has 1 saturated heterocycles. The van der Waals surface area contributed by atoms with Crippen molar-refractivity contribution in [2.75, 3.05) is 50.1 Å². The van der Waals surface area contributed by atoms with Gasteiger partial charge in [0.2, 0.25) is 0 Å². The number of hydrogen-bond donors (Lipinski definition) is 2. The second kappa shape index (κ2) is 8.95. The van der Waals surface area contributed by atoms with Crippen molar-refractivity contribution in [3.63, 3.8) is 0 Å². The molecular formula is C25H38N6. The highest BCUT2D eigenvalue weighted by molar-refractivity contribution is 5.98. The van der Waals surface area contributed by atoms with Gasteiger partial charge >= 0.3 is 0 Å². The molecule has 2 fully saturated rings. The van der Waals surface area contributed by atoms with Gasteiger partial charge in [0.15, 0.2) is 5.82 Å². The summed E-state index contributed by atoms with van der Waals surface area (Å²) in [5, 5.41) is 12.5. The minimum atomic E-state index is 0.603. The topological polar surface area (TPSA) is 48.4 Å². The first-order valence-electron chi connectivity index (χ1n) is 11.6. The Balaban J connectivity index is 1.48. The van der Waals surface area contributed by atoms with Crippen molar-refractivity contribution in [1.82, 2.24) is 20.4 Å². The summed E-state index contributed by atoms with van der Waals surface area (Å²) in [7, 11) is 6.25. The van der Waals surface area contributed by atoms with Crippen LogP contribution in [-0.2, 0) is 7.05 Å². The number of para-hydroxylation sites is 1. The standard InChI is InChI=1S/C25H38N6/c1-6-27-19(2)10-13-29(4)24-21-8-7-9-22(23(21)30(5)28-24)31-14-11-25(12-15-31)16-20(17-25)18-26-3/h6-9,20,26-27H,1-2,10-18H2,3-5H3. The number of nitrogens with zero attached hydrogens (tertiary/aromatic N) is 4. The fourth-order valence-corrected chi connectivity index (χ4v) is 5.69. The first kappa shape index (κ1) is 21.8. The maximum atomic E-state index is 4.89. The van der Waals surface area contributed by atoms with E-state index in [1.54, 1.807) is 6.20 Å². The molecule has 1 aliphatic heterocycles. The highest BCUT2D eigenvalue weighted by atomic mass is 15.3. The van der Waals surface area contributed by atoms with Gasteiger partial charge in [-0.15, -0.1) is 0 Å². The Bertz CT molecular complexity index is 929. The summed E-state index contributed by atoms with van der Waals surface area (Å²) in [6.07, 6.45) is 7.96. The van der Waals surface area contributed by atoms with Gasteiger partial charge in [0, 0.05) is 51.2 Å². The molecule has 0 amide bonds. The number of hydrogen-bond acceptors (Lipinski definition) is 5. The number of rotatable bonds is 9. The van der Waals surface area contributed by atoms with Crippen LogP contribution in [0.25, 0.3) is 10.9 Å². The van der Waals surface area contributed by atoms with Gasteiger partial charge in [0.05, 0.1) is 11.2 Å². The summed E-state index contributed by atoms with van der Waals surface area (Å²) < 4.78 is 2.06. The monoisotopic (exact) mass is 422 g/mol. The second-order valence-corrected chi connectivity index (χ2v) is 9.56. The number of anilines is 2. The van der Waals surface area contributed by atoms with E-state index in [-0.39, 0.29) is 0 Å². The largest absolute Gasteiger partial charge is 0.370 e.